The molecule has 0 amide bonds. The van der Waals surface area contributed by atoms with Gasteiger partial charge in [0.05, 0.1) is 0 Å². The predicted octanol–water partition coefficient (Wildman–Crippen LogP) is 1.65. The van der Waals surface area contributed by atoms with E-state index in [1.54, 1.807) is 6.07 Å². The number of hydrogen-bond donors (Lipinski definition) is 3. The molecule has 2 atom stereocenters. The van der Waals surface area contributed by atoms with Crippen LogP contribution in [-0.2, 0) is 6.54 Å². The lowest BCUT2D eigenvalue weighted by Gasteiger charge is -2.14. The van der Waals surface area contributed by atoms with E-state index in [-0.39, 0.29) is 18.3 Å². The van der Waals surface area contributed by atoms with Gasteiger partial charge in [-0.25, -0.2) is 4.98 Å². The second-order valence-corrected chi connectivity index (χ2v) is 5.11. The molecular weight excluding hydrogens is 321 g/mol. The monoisotopic (exact) mass is 340 g/mol. The van der Waals surface area contributed by atoms with Crippen LogP contribution in [0, 0.1) is 5.92 Å². The first kappa shape index (κ1) is 19.0. The molecule has 0 aromatic carbocycles. The predicted molar refractivity (Wildman–Crippen MR) is 78.8 cm³/mol. The van der Waals surface area contributed by atoms with E-state index in [0.717, 1.165) is 18.7 Å². The summed E-state index contributed by atoms with van der Waals surface area (Å²) in [5, 5.41) is 3.31. The van der Waals surface area contributed by atoms with Gasteiger partial charge in [-0.05, 0) is 12.5 Å². The van der Waals surface area contributed by atoms with Crippen molar-refractivity contribution in [2.45, 2.75) is 25.7 Å². The minimum atomic E-state index is -4.35. The lowest BCUT2D eigenvalue weighted by atomic mass is 10.0. The number of alkyl halides is 3. The van der Waals surface area contributed by atoms with E-state index in [0.29, 0.717) is 18.5 Å². The fourth-order valence-electron chi connectivity index (χ4n) is 2.05. The molecule has 126 valence electrons. The Morgan fingerprint density at radius 1 is 1.41 bits per heavy atom. The summed E-state index contributed by atoms with van der Waals surface area (Å²) >= 11 is 0. The van der Waals surface area contributed by atoms with Gasteiger partial charge < -0.3 is 10.1 Å². The van der Waals surface area contributed by atoms with Gasteiger partial charge in [0.15, 0.2) is 6.61 Å². The number of aromatic nitrogens is 1. The lowest BCUT2D eigenvalue weighted by Crippen LogP contribution is -2.32. The first-order chi connectivity index (χ1) is 9.94. The number of pyridine rings is 1. The number of ether oxygens (including phenoxy) is 1. The molecule has 2 heterocycles. The summed E-state index contributed by atoms with van der Waals surface area (Å²) in [6.45, 7) is 3.18. The summed E-state index contributed by atoms with van der Waals surface area (Å²) in [6, 6.07) is 3.57. The largest absolute Gasteiger partial charge is 0.468 e. The highest BCUT2D eigenvalue weighted by molar-refractivity contribution is 5.85. The maximum atomic E-state index is 12.0. The Kier molecular flexibility index (Phi) is 7.34. The molecule has 2 unspecified atom stereocenters. The highest BCUT2D eigenvalue weighted by atomic mass is 35.5. The third-order valence-corrected chi connectivity index (χ3v) is 3.32. The second-order valence-electron chi connectivity index (χ2n) is 5.11. The minimum absolute atomic E-state index is 0. The standard InChI is InChI=1S/C13H19F3N4O.ClH/c1-9-11(7-19-20-9)6-17-4-10-2-3-12(18-5-10)21-8-13(14,15)16;/h2-3,5,9,11,17,19-20H,4,6-8H2,1H3;1H. The van der Waals surface area contributed by atoms with Crippen LogP contribution < -0.4 is 20.9 Å². The van der Waals surface area contributed by atoms with Crippen molar-refractivity contribution >= 4 is 12.4 Å². The molecule has 0 spiro atoms. The molecule has 0 saturated carbocycles. The summed E-state index contributed by atoms with van der Waals surface area (Å²) in [5.74, 6) is 0.487. The molecule has 1 aromatic heterocycles. The molecule has 9 heteroatoms. The van der Waals surface area contributed by atoms with Crippen LogP contribution in [0.5, 0.6) is 5.88 Å². The van der Waals surface area contributed by atoms with E-state index in [9.17, 15) is 13.2 Å². The summed E-state index contributed by atoms with van der Waals surface area (Å²) in [7, 11) is 0. The Labute approximate surface area is 133 Å². The number of rotatable bonds is 6. The summed E-state index contributed by atoms with van der Waals surface area (Å²) in [4.78, 5) is 3.86. The number of nitrogens with one attached hydrogen (secondary N) is 3. The highest BCUT2D eigenvalue weighted by Crippen LogP contribution is 2.17. The van der Waals surface area contributed by atoms with Crippen molar-refractivity contribution in [1.82, 2.24) is 21.2 Å². The normalized spacial score (nSPS) is 21.5. The van der Waals surface area contributed by atoms with Gasteiger partial charge in [0.2, 0.25) is 5.88 Å². The Bertz CT molecular complexity index is 444. The van der Waals surface area contributed by atoms with Crippen LogP contribution in [-0.4, -0.2) is 36.9 Å². The van der Waals surface area contributed by atoms with E-state index >= 15 is 0 Å². The van der Waals surface area contributed by atoms with Crippen molar-refractivity contribution in [3.8, 4) is 5.88 Å². The van der Waals surface area contributed by atoms with Gasteiger partial charge in [-0.15, -0.1) is 12.4 Å². The number of halogens is 4. The first-order valence-corrected chi connectivity index (χ1v) is 6.77. The molecule has 1 saturated heterocycles. The molecule has 1 aliphatic rings. The molecule has 5 nitrogen and oxygen atoms in total. The van der Waals surface area contributed by atoms with Gasteiger partial charge in [-0.3, -0.25) is 10.9 Å². The molecule has 0 radical (unpaired) electrons. The third-order valence-electron chi connectivity index (χ3n) is 3.32. The van der Waals surface area contributed by atoms with E-state index in [2.05, 4.69) is 32.8 Å². The van der Waals surface area contributed by atoms with Gasteiger partial charge >= 0.3 is 6.18 Å². The molecule has 0 bridgehead atoms. The van der Waals surface area contributed by atoms with Crippen LogP contribution in [0.3, 0.4) is 0 Å². The minimum Gasteiger partial charge on any atom is -0.468 e. The molecule has 0 aliphatic carbocycles. The molecule has 1 aliphatic heterocycles. The molecule has 1 aromatic rings. The topological polar surface area (TPSA) is 58.2 Å². The van der Waals surface area contributed by atoms with Crippen molar-refractivity contribution in [3.05, 3.63) is 23.9 Å². The highest BCUT2D eigenvalue weighted by Gasteiger charge is 2.28. The second kappa shape index (κ2) is 8.52. The van der Waals surface area contributed by atoms with E-state index in [4.69, 9.17) is 0 Å². The number of hydrazine groups is 1. The zero-order chi connectivity index (χ0) is 15.3. The SMILES string of the molecule is CC1NNCC1CNCc1ccc(OCC(F)(F)F)nc1.Cl. The maximum absolute atomic E-state index is 12.0. The Morgan fingerprint density at radius 2 is 2.18 bits per heavy atom. The first-order valence-electron chi connectivity index (χ1n) is 6.77. The number of nitrogens with zero attached hydrogens (tertiary/aromatic N) is 1. The summed E-state index contributed by atoms with van der Waals surface area (Å²) in [6.07, 6.45) is -2.82. The zero-order valence-corrected chi connectivity index (χ0v) is 12.9. The van der Waals surface area contributed by atoms with Crippen molar-refractivity contribution in [3.63, 3.8) is 0 Å². The van der Waals surface area contributed by atoms with Crippen LogP contribution in [0.1, 0.15) is 12.5 Å². The van der Waals surface area contributed by atoms with Crippen LogP contribution >= 0.6 is 12.4 Å². The van der Waals surface area contributed by atoms with E-state index in [1.807, 2.05) is 0 Å². The van der Waals surface area contributed by atoms with E-state index < -0.39 is 12.8 Å². The van der Waals surface area contributed by atoms with Gasteiger partial charge in [0.1, 0.15) is 0 Å². The van der Waals surface area contributed by atoms with Crippen molar-refractivity contribution in [2.24, 2.45) is 5.92 Å². The van der Waals surface area contributed by atoms with Crippen LogP contribution in [0.4, 0.5) is 13.2 Å². The molecular formula is C13H20ClF3N4O. The summed E-state index contributed by atoms with van der Waals surface area (Å²) < 4.78 is 40.5. The van der Waals surface area contributed by atoms with Crippen LogP contribution in [0.25, 0.3) is 0 Å². The van der Waals surface area contributed by atoms with Crippen LogP contribution in [0.2, 0.25) is 0 Å². The van der Waals surface area contributed by atoms with Crippen molar-refractivity contribution < 1.29 is 17.9 Å². The molecule has 3 N–H and O–H groups in total. The smallest absolute Gasteiger partial charge is 0.422 e. The Hall–Kier alpha value is -1.09. The molecule has 2 rings (SSSR count). The van der Waals surface area contributed by atoms with Crippen molar-refractivity contribution in [1.29, 1.82) is 0 Å². The Balaban J connectivity index is 0.00000242. The quantitative estimate of drug-likeness (QED) is 0.735. The Morgan fingerprint density at radius 3 is 2.73 bits per heavy atom. The van der Waals surface area contributed by atoms with Crippen molar-refractivity contribution in [2.75, 3.05) is 19.7 Å². The van der Waals surface area contributed by atoms with Gasteiger partial charge in [0, 0.05) is 43.9 Å². The lowest BCUT2D eigenvalue weighted by molar-refractivity contribution is -0.154. The van der Waals surface area contributed by atoms with Crippen LogP contribution in [0.15, 0.2) is 18.3 Å². The average Bonchev–Trinajstić information content (AvgIpc) is 2.83. The maximum Gasteiger partial charge on any atom is 0.422 e. The van der Waals surface area contributed by atoms with E-state index in [1.165, 1.54) is 12.3 Å². The van der Waals surface area contributed by atoms with Gasteiger partial charge in [-0.1, -0.05) is 6.07 Å². The van der Waals surface area contributed by atoms with Gasteiger partial charge in [0.25, 0.3) is 0 Å². The van der Waals surface area contributed by atoms with Gasteiger partial charge in [-0.2, -0.15) is 13.2 Å². The molecule has 1 fully saturated rings. The fourth-order valence-corrected chi connectivity index (χ4v) is 2.05. The average molecular weight is 341 g/mol. The zero-order valence-electron chi connectivity index (χ0n) is 12.1. The number of hydrogen-bond acceptors (Lipinski definition) is 5. The summed E-state index contributed by atoms with van der Waals surface area (Å²) in [5.41, 5.74) is 7.14. The third kappa shape index (κ3) is 6.35. The molecule has 22 heavy (non-hydrogen) atoms. The fraction of sp³-hybridized carbons (Fsp3) is 0.615.